The first-order valence-corrected chi connectivity index (χ1v) is 8.76. The van der Waals surface area contributed by atoms with Crippen LogP contribution in [0.3, 0.4) is 0 Å². The smallest absolute Gasteiger partial charge is 0.272 e. The summed E-state index contributed by atoms with van der Waals surface area (Å²) in [7, 11) is 0. The molecule has 1 aromatic rings. The van der Waals surface area contributed by atoms with Gasteiger partial charge in [-0.1, -0.05) is 6.07 Å². The first-order chi connectivity index (χ1) is 11.7. The molecule has 0 bridgehead atoms. The molecule has 24 heavy (non-hydrogen) atoms. The Morgan fingerprint density at radius 1 is 1.33 bits per heavy atom. The molecule has 0 aromatic carbocycles. The van der Waals surface area contributed by atoms with Crippen LogP contribution < -0.4 is 0 Å². The van der Waals surface area contributed by atoms with Crippen molar-refractivity contribution in [3.63, 3.8) is 0 Å². The van der Waals surface area contributed by atoms with E-state index in [2.05, 4.69) is 9.88 Å². The minimum absolute atomic E-state index is 0.0470. The first-order valence-electron chi connectivity index (χ1n) is 8.76. The lowest BCUT2D eigenvalue weighted by molar-refractivity contribution is 0.0104. The van der Waals surface area contributed by atoms with E-state index in [4.69, 9.17) is 9.47 Å². The molecule has 0 spiro atoms. The van der Waals surface area contributed by atoms with Gasteiger partial charge in [0.1, 0.15) is 5.69 Å². The Morgan fingerprint density at radius 3 is 2.92 bits per heavy atom. The molecule has 0 unspecified atom stereocenters. The molecule has 4 rings (SSSR count). The van der Waals surface area contributed by atoms with Gasteiger partial charge in [-0.15, -0.1) is 0 Å². The molecular formula is C18H25N3O3. The van der Waals surface area contributed by atoms with Crippen LogP contribution in [0.5, 0.6) is 0 Å². The summed E-state index contributed by atoms with van der Waals surface area (Å²) in [6.45, 7) is 9.58. The van der Waals surface area contributed by atoms with Crippen LogP contribution in [0.15, 0.2) is 18.3 Å². The van der Waals surface area contributed by atoms with Gasteiger partial charge in [-0.05, 0) is 18.6 Å². The number of amides is 1. The number of likely N-dealkylation sites (tertiary alicyclic amines) is 1. The van der Waals surface area contributed by atoms with Crippen molar-refractivity contribution >= 4 is 5.91 Å². The highest BCUT2D eigenvalue weighted by Gasteiger charge is 2.52. The average Bonchev–Trinajstić information content (AvgIpc) is 3.12. The Balaban J connectivity index is 1.48. The van der Waals surface area contributed by atoms with E-state index in [-0.39, 0.29) is 11.3 Å². The maximum Gasteiger partial charge on any atom is 0.272 e. The highest BCUT2D eigenvalue weighted by molar-refractivity contribution is 5.92. The van der Waals surface area contributed by atoms with Crippen LogP contribution in [-0.4, -0.2) is 79.8 Å². The van der Waals surface area contributed by atoms with Crippen molar-refractivity contribution in [2.24, 2.45) is 11.3 Å². The molecule has 130 valence electrons. The second-order valence-electron chi connectivity index (χ2n) is 7.37. The fourth-order valence-electron chi connectivity index (χ4n) is 4.17. The standard InChI is InChI=1S/C18H25N3O3/c1-14-2-3-16(19-8-14)17(22)21-9-15-10-24-13-18(15,12-21)11-20-4-6-23-7-5-20/h2-3,8,15H,4-7,9-13H2,1H3/t15-,18+/m1/s1. The molecule has 4 heterocycles. The lowest BCUT2D eigenvalue weighted by Gasteiger charge is -2.36. The number of carbonyl (C=O) groups is 1. The van der Waals surface area contributed by atoms with Crippen molar-refractivity contribution in [1.82, 2.24) is 14.8 Å². The number of aromatic nitrogens is 1. The SMILES string of the molecule is Cc1ccc(C(=O)N2C[C@@H]3COC[C@]3(CN3CCOCC3)C2)nc1. The van der Waals surface area contributed by atoms with Crippen molar-refractivity contribution in [2.75, 3.05) is 59.2 Å². The fourth-order valence-corrected chi connectivity index (χ4v) is 4.17. The van der Waals surface area contributed by atoms with Crippen molar-refractivity contribution in [2.45, 2.75) is 6.92 Å². The van der Waals surface area contributed by atoms with Gasteiger partial charge in [-0.25, -0.2) is 0 Å². The predicted octanol–water partition coefficient (Wildman–Crippen LogP) is 0.811. The number of aryl methyl sites for hydroxylation is 1. The second-order valence-corrected chi connectivity index (χ2v) is 7.37. The summed E-state index contributed by atoms with van der Waals surface area (Å²) in [5.74, 6) is 0.473. The van der Waals surface area contributed by atoms with Crippen LogP contribution in [0.4, 0.5) is 0 Å². The first kappa shape index (κ1) is 16.0. The summed E-state index contributed by atoms with van der Waals surface area (Å²) in [5.41, 5.74) is 1.68. The summed E-state index contributed by atoms with van der Waals surface area (Å²) >= 11 is 0. The van der Waals surface area contributed by atoms with Gasteiger partial charge in [0.25, 0.3) is 5.91 Å². The van der Waals surface area contributed by atoms with Crippen LogP contribution in [0.2, 0.25) is 0 Å². The van der Waals surface area contributed by atoms with E-state index < -0.39 is 0 Å². The van der Waals surface area contributed by atoms with Crippen molar-refractivity contribution in [3.05, 3.63) is 29.6 Å². The van der Waals surface area contributed by atoms with Crippen LogP contribution in [-0.2, 0) is 9.47 Å². The number of carbonyl (C=O) groups excluding carboxylic acids is 1. The number of morpholine rings is 1. The van der Waals surface area contributed by atoms with Gasteiger partial charge in [-0.3, -0.25) is 14.7 Å². The van der Waals surface area contributed by atoms with Gasteiger partial charge < -0.3 is 14.4 Å². The minimum Gasteiger partial charge on any atom is -0.380 e. The highest BCUT2D eigenvalue weighted by atomic mass is 16.5. The highest BCUT2D eigenvalue weighted by Crippen LogP contribution is 2.42. The van der Waals surface area contributed by atoms with Gasteiger partial charge in [0.2, 0.25) is 0 Å². The topological polar surface area (TPSA) is 54.9 Å². The zero-order valence-electron chi connectivity index (χ0n) is 14.2. The normalized spacial score (nSPS) is 30.5. The van der Waals surface area contributed by atoms with Crippen LogP contribution >= 0.6 is 0 Å². The summed E-state index contributed by atoms with van der Waals surface area (Å²) < 4.78 is 11.2. The lowest BCUT2D eigenvalue weighted by atomic mass is 9.80. The Morgan fingerprint density at radius 2 is 2.17 bits per heavy atom. The predicted molar refractivity (Wildman–Crippen MR) is 88.9 cm³/mol. The van der Waals surface area contributed by atoms with E-state index in [1.807, 2.05) is 24.0 Å². The van der Waals surface area contributed by atoms with Crippen LogP contribution in [0.1, 0.15) is 16.1 Å². The molecule has 3 aliphatic rings. The monoisotopic (exact) mass is 331 g/mol. The average molecular weight is 331 g/mol. The molecule has 3 aliphatic heterocycles. The summed E-state index contributed by atoms with van der Waals surface area (Å²) in [6, 6.07) is 3.78. The summed E-state index contributed by atoms with van der Waals surface area (Å²) in [5, 5.41) is 0. The maximum atomic E-state index is 12.8. The molecule has 3 fully saturated rings. The third kappa shape index (κ3) is 2.94. The number of nitrogens with zero attached hydrogens (tertiary/aromatic N) is 3. The lowest BCUT2D eigenvalue weighted by Crippen LogP contribution is -2.47. The zero-order valence-corrected chi connectivity index (χ0v) is 14.2. The van der Waals surface area contributed by atoms with Crippen molar-refractivity contribution in [3.8, 4) is 0 Å². The Kier molecular flexibility index (Phi) is 4.28. The van der Waals surface area contributed by atoms with Crippen LogP contribution in [0, 0.1) is 18.3 Å². The van der Waals surface area contributed by atoms with Gasteiger partial charge >= 0.3 is 0 Å². The largest absolute Gasteiger partial charge is 0.380 e. The molecule has 6 heteroatoms. The molecule has 2 atom stereocenters. The van der Waals surface area contributed by atoms with Gasteiger partial charge in [-0.2, -0.15) is 0 Å². The second kappa shape index (κ2) is 6.43. The summed E-state index contributed by atoms with van der Waals surface area (Å²) in [4.78, 5) is 21.6. The molecule has 0 N–H and O–H groups in total. The number of hydrogen-bond donors (Lipinski definition) is 0. The summed E-state index contributed by atoms with van der Waals surface area (Å²) in [6.07, 6.45) is 1.76. The molecule has 1 aromatic heterocycles. The Hall–Kier alpha value is -1.50. The van der Waals surface area contributed by atoms with E-state index >= 15 is 0 Å². The molecule has 6 nitrogen and oxygen atoms in total. The molecule has 1 amide bonds. The quantitative estimate of drug-likeness (QED) is 0.820. The number of ether oxygens (including phenoxy) is 2. The van der Waals surface area contributed by atoms with E-state index in [1.165, 1.54) is 0 Å². The zero-order chi connectivity index (χ0) is 16.6. The number of rotatable bonds is 3. The number of pyridine rings is 1. The number of hydrogen-bond acceptors (Lipinski definition) is 5. The van der Waals surface area contributed by atoms with E-state index in [1.54, 1.807) is 6.20 Å². The van der Waals surface area contributed by atoms with Gasteiger partial charge in [0.15, 0.2) is 0 Å². The number of fused-ring (bicyclic) bond motifs is 1. The molecular weight excluding hydrogens is 306 g/mol. The third-order valence-corrected chi connectivity index (χ3v) is 5.58. The van der Waals surface area contributed by atoms with E-state index in [9.17, 15) is 4.79 Å². The fraction of sp³-hybridized carbons (Fsp3) is 0.667. The third-order valence-electron chi connectivity index (χ3n) is 5.58. The van der Waals surface area contributed by atoms with E-state index in [0.717, 1.165) is 64.7 Å². The van der Waals surface area contributed by atoms with E-state index in [0.29, 0.717) is 11.6 Å². The van der Waals surface area contributed by atoms with Crippen LogP contribution in [0.25, 0.3) is 0 Å². The molecule has 3 saturated heterocycles. The molecule has 0 saturated carbocycles. The van der Waals surface area contributed by atoms with Gasteiger partial charge in [0, 0.05) is 50.3 Å². The molecule has 0 radical (unpaired) electrons. The Bertz CT molecular complexity index is 600. The Labute approximate surface area is 142 Å². The van der Waals surface area contributed by atoms with Crippen molar-refractivity contribution in [1.29, 1.82) is 0 Å². The molecule has 0 aliphatic carbocycles. The minimum atomic E-state index is 0.0470. The van der Waals surface area contributed by atoms with Gasteiger partial charge in [0.05, 0.1) is 26.4 Å². The maximum absolute atomic E-state index is 12.8. The van der Waals surface area contributed by atoms with Crippen molar-refractivity contribution < 1.29 is 14.3 Å².